The molecule has 3 rings (SSSR count). The van der Waals surface area contributed by atoms with E-state index in [0.29, 0.717) is 0 Å². The molecule has 0 atom stereocenters. The van der Waals surface area contributed by atoms with Gasteiger partial charge in [0.2, 0.25) is 0 Å². The molecule has 0 radical (unpaired) electrons. The maximum atomic E-state index is 4.48. The van der Waals surface area contributed by atoms with Crippen LogP contribution in [0.2, 0.25) is 0 Å². The van der Waals surface area contributed by atoms with Crippen LogP contribution < -0.4 is 0 Å². The Bertz CT molecular complexity index is 438. The first kappa shape index (κ1) is 9.75. The van der Waals surface area contributed by atoms with Gasteiger partial charge in [-0.1, -0.05) is 32.1 Å². The highest BCUT2D eigenvalue weighted by Gasteiger charge is 2.16. The van der Waals surface area contributed by atoms with E-state index in [0.717, 1.165) is 29.5 Å². The van der Waals surface area contributed by atoms with Crippen molar-refractivity contribution in [2.24, 2.45) is 5.92 Å². The molecule has 2 aromatic heterocycles. The Morgan fingerprint density at radius 2 is 1.94 bits per heavy atom. The minimum atomic E-state index is 0.744. The van der Waals surface area contributed by atoms with Crippen LogP contribution in [0.3, 0.4) is 0 Å². The molecule has 1 aliphatic rings. The van der Waals surface area contributed by atoms with Gasteiger partial charge in [-0.3, -0.25) is 0 Å². The van der Waals surface area contributed by atoms with Gasteiger partial charge in [-0.15, -0.1) is 0 Å². The number of fused-ring (bicyclic) bond motifs is 1. The van der Waals surface area contributed by atoms with Gasteiger partial charge in [0.1, 0.15) is 5.82 Å². The summed E-state index contributed by atoms with van der Waals surface area (Å²) < 4.78 is 0. The average molecular weight is 216 g/mol. The first-order chi connectivity index (χ1) is 7.92. The standard InChI is InChI=1S/C12H16N4/c1-2-4-9(5-3-1)8-10-15-11-12(16-10)14-7-6-13-11/h6-7,9H,1-5,8H2,(H,13,14,15,16). The lowest BCUT2D eigenvalue weighted by Crippen LogP contribution is -2.10. The van der Waals surface area contributed by atoms with Crippen LogP contribution in [0.25, 0.3) is 11.3 Å². The maximum absolute atomic E-state index is 4.48. The van der Waals surface area contributed by atoms with Gasteiger partial charge in [-0.2, -0.15) is 0 Å². The van der Waals surface area contributed by atoms with E-state index < -0.39 is 0 Å². The monoisotopic (exact) mass is 216 g/mol. The minimum Gasteiger partial charge on any atom is -0.325 e. The Balaban J connectivity index is 1.78. The third-order valence-electron chi connectivity index (χ3n) is 3.39. The molecular formula is C12H16N4. The first-order valence-corrected chi connectivity index (χ1v) is 6.07. The topological polar surface area (TPSA) is 54.5 Å². The summed E-state index contributed by atoms with van der Waals surface area (Å²) in [7, 11) is 0. The van der Waals surface area contributed by atoms with Crippen molar-refractivity contribution >= 4 is 11.3 Å². The van der Waals surface area contributed by atoms with Gasteiger partial charge in [-0.25, -0.2) is 15.0 Å². The van der Waals surface area contributed by atoms with E-state index in [4.69, 9.17) is 0 Å². The van der Waals surface area contributed by atoms with E-state index in [-0.39, 0.29) is 0 Å². The largest absolute Gasteiger partial charge is 0.325 e. The summed E-state index contributed by atoms with van der Waals surface area (Å²) in [6.07, 6.45) is 11.3. The molecule has 2 aromatic rings. The second kappa shape index (κ2) is 4.20. The number of nitrogens with one attached hydrogen (secondary N) is 1. The van der Waals surface area contributed by atoms with E-state index in [1.807, 2.05) is 0 Å². The highest BCUT2D eigenvalue weighted by atomic mass is 15.0. The van der Waals surface area contributed by atoms with Crippen LogP contribution in [-0.4, -0.2) is 19.9 Å². The third-order valence-corrected chi connectivity index (χ3v) is 3.39. The molecule has 1 aliphatic carbocycles. The lowest BCUT2D eigenvalue weighted by molar-refractivity contribution is 0.352. The summed E-state index contributed by atoms with van der Waals surface area (Å²) >= 11 is 0. The SMILES string of the molecule is c1cnc2[nH]c(CC3CCCCC3)nc2n1. The number of imidazole rings is 1. The van der Waals surface area contributed by atoms with E-state index >= 15 is 0 Å². The molecule has 0 aromatic carbocycles. The highest BCUT2D eigenvalue weighted by Crippen LogP contribution is 2.26. The Hall–Kier alpha value is -1.45. The lowest BCUT2D eigenvalue weighted by Gasteiger charge is -2.20. The summed E-state index contributed by atoms with van der Waals surface area (Å²) in [5.74, 6) is 1.85. The van der Waals surface area contributed by atoms with Crippen LogP contribution in [0.5, 0.6) is 0 Å². The van der Waals surface area contributed by atoms with Crippen LogP contribution in [0.1, 0.15) is 37.9 Å². The predicted molar refractivity (Wildman–Crippen MR) is 62.0 cm³/mol. The molecule has 16 heavy (non-hydrogen) atoms. The highest BCUT2D eigenvalue weighted by molar-refractivity contribution is 5.64. The maximum Gasteiger partial charge on any atom is 0.197 e. The number of hydrogen-bond donors (Lipinski definition) is 1. The molecule has 0 unspecified atom stereocenters. The number of nitrogens with zero attached hydrogens (tertiary/aromatic N) is 3. The second-order valence-electron chi connectivity index (χ2n) is 4.62. The zero-order chi connectivity index (χ0) is 10.8. The molecule has 0 bridgehead atoms. The number of aromatic amines is 1. The average Bonchev–Trinajstić information content (AvgIpc) is 2.72. The minimum absolute atomic E-state index is 0.744. The zero-order valence-electron chi connectivity index (χ0n) is 9.32. The molecule has 4 heteroatoms. The Morgan fingerprint density at radius 3 is 2.75 bits per heavy atom. The summed E-state index contributed by atoms with van der Waals surface area (Å²) in [5, 5.41) is 0. The Labute approximate surface area is 94.5 Å². The van der Waals surface area contributed by atoms with Crippen LogP contribution in [0.15, 0.2) is 12.4 Å². The molecule has 0 aliphatic heterocycles. The van der Waals surface area contributed by atoms with Crippen molar-refractivity contribution in [3.05, 3.63) is 18.2 Å². The van der Waals surface area contributed by atoms with Crippen molar-refractivity contribution in [1.82, 2.24) is 19.9 Å². The predicted octanol–water partition coefficient (Wildman–Crippen LogP) is 2.48. The summed E-state index contributed by atoms with van der Waals surface area (Å²) in [6, 6.07) is 0. The Kier molecular flexibility index (Phi) is 2.56. The van der Waals surface area contributed by atoms with Crippen molar-refractivity contribution in [2.45, 2.75) is 38.5 Å². The molecule has 84 valence electrons. The summed E-state index contributed by atoms with van der Waals surface area (Å²) in [4.78, 5) is 16.1. The van der Waals surface area contributed by atoms with E-state index in [9.17, 15) is 0 Å². The first-order valence-electron chi connectivity index (χ1n) is 6.07. The van der Waals surface area contributed by atoms with Crippen molar-refractivity contribution in [1.29, 1.82) is 0 Å². The molecular weight excluding hydrogens is 200 g/mol. The van der Waals surface area contributed by atoms with Crippen LogP contribution in [0.4, 0.5) is 0 Å². The van der Waals surface area contributed by atoms with Crippen LogP contribution >= 0.6 is 0 Å². The number of H-pyrrole nitrogens is 1. The Morgan fingerprint density at radius 1 is 1.12 bits per heavy atom. The van der Waals surface area contributed by atoms with E-state index in [2.05, 4.69) is 19.9 Å². The molecule has 1 N–H and O–H groups in total. The molecule has 4 nitrogen and oxygen atoms in total. The van der Waals surface area contributed by atoms with Crippen LogP contribution in [-0.2, 0) is 6.42 Å². The molecule has 0 spiro atoms. The zero-order valence-corrected chi connectivity index (χ0v) is 9.32. The second-order valence-corrected chi connectivity index (χ2v) is 4.62. The molecule has 2 heterocycles. The smallest absolute Gasteiger partial charge is 0.197 e. The van der Waals surface area contributed by atoms with E-state index in [1.54, 1.807) is 12.4 Å². The normalized spacial score (nSPS) is 18.0. The number of aromatic nitrogens is 4. The van der Waals surface area contributed by atoms with Gasteiger partial charge in [0.25, 0.3) is 0 Å². The molecule has 1 saturated carbocycles. The van der Waals surface area contributed by atoms with Gasteiger partial charge < -0.3 is 4.98 Å². The van der Waals surface area contributed by atoms with Gasteiger partial charge in [0.15, 0.2) is 11.3 Å². The summed E-state index contributed by atoms with van der Waals surface area (Å²) in [5.41, 5.74) is 1.56. The fourth-order valence-electron chi connectivity index (χ4n) is 2.55. The fourth-order valence-corrected chi connectivity index (χ4v) is 2.55. The number of rotatable bonds is 2. The number of hydrogen-bond acceptors (Lipinski definition) is 3. The van der Waals surface area contributed by atoms with Gasteiger partial charge in [-0.05, 0) is 5.92 Å². The fraction of sp³-hybridized carbons (Fsp3) is 0.583. The lowest BCUT2D eigenvalue weighted by atomic mass is 9.87. The van der Waals surface area contributed by atoms with Gasteiger partial charge >= 0.3 is 0 Å². The van der Waals surface area contributed by atoms with Crippen LogP contribution in [0, 0.1) is 5.92 Å². The van der Waals surface area contributed by atoms with Crippen molar-refractivity contribution in [3.8, 4) is 0 Å². The quantitative estimate of drug-likeness (QED) is 0.839. The van der Waals surface area contributed by atoms with E-state index in [1.165, 1.54) is 32.1 Å². The van der Waals surface area contributed by atoms with Gasteiger partial charge in [0, 0.05) is 18.8 Å². The third kappa shape index (κ3) is 1.92. The van der Waals surface area contributed by atoms with Gasteiger partial charge in [0.05, 0.1) is 0 Å². The van der Waals surface area contributed by atoms with Crippen molar-refractivity contribution < 1.29 is 0 Å². The molecule has 0 saturated heterocycles. The summed E-state index contributed by atoms with van der Waals surface area (Å²) in [6.45, 7) is 0. The van der Waals surface area contributed by atoms with Crippen molar-refractivity contribution in [2.75, 3.05) is 0 Å². The molecule has 1 fully saturated rings. The molecule has 0 amide bonds. The van der Waals surface area contributed by atoms with Crippen molar-refractivity contribution in [3.63, 3.8) is 0 Å².